The summed E-state index contributed by atoms with van der Waals surface area (Å²) in [6.07, 6.45) is 3.31. The summed E-state index contributed by atoms with van der Waals surface area (Å²) in [4.78, 5) is 9.91. The molecule has 0 aliphatic carbocycles. The zero-order valence-electron chi connectivity index (χ0n) is 6.43. The van der Waals surface area contributed by atoms with E-state index in [1.165, 1.54) is 12.1 Å². The Morgan fingerprint density at radius 1 is 1.50 bits per heavy atom. The van der Waals surface area contributed by atoms with Gasteiger partial charge in [-0.05, 0) is 12.5 Å². The fourth-order valence-corrected chi connectivity index (χ4v) is 0.878. The van der Waals surface area contributed by atoms with Crippen LogP contribution in [-0.4, -0.2) is 4.92 Å². The SMILES string of the molecule is [CH2]/C=C/c1cccc([N+](=O)[O-])c1. The lowest BCUT2D eigenvalue weighted by Crippen LogP contribution is -1.87. The number of allylic oxidation sites excluding steroid dienone is 1. The van der Waals surface area contributed by atoms with Gasteiger partial charge in [0.25, 0.3) is 5.69 Å². The summed E-state index contributed by atoms with van der Waals surface area (Å²) in [6.45, 7) is 3.51. The van der Waals surface area contributed by atoms with Crippen LogP contribution in [-0.2, 0) is 0 Å². The summed E-state index contributed by atoms with van der Waals surface area (Å²) in [5.41, 5.74) is 0.893. The third kappa shape index (κ3) is 1.92. The molecule has 61 valence electrons. The van der Waals surface area contributed by atoms with Gasteiger partial charge in [0.1, 0.15) is 0 Å². The van der Waals surface area contributed by atoms with Gasteiger partial charge >= 0.3 is 0 Å². The van der Waals surface area contributed by atoms with Gasteiger partial charge in [-0.3, -0.25) is 10.1 Å². The maximum atomic E-state index is 10.3. The number of hydrogen-bond donors (Lipinski definition) is 0. The Labute approximate surface area is 70.5 Å². The molecule has 0 heterocycles. The van der Waals surface area contributed by atoms with E-state index in [9.17, 15) is 10.1 Å². The predicted octanol–water partition coefficient (Wildman–Crippen LogP) is 2.44. The Bertz CT molecular complexity index is 318. The van der Waals surface area contributed by atoms with Gasteiger partial charge < -0.3 is 0 Å². The van der Waals surface area contributed by atoms with E-state index in [2.05, 4.69) is 6.92 Å². The maximum absolute atomic E-state index is 10.3. The van der Waals surface area contributed by atoms with E-state index >= 15 is 0 Å². The molecule has 0 aliphatic rings. The zero-order chi connectivity index (χ0) is 8.97. The summed E-state index contributed by atoms with van der Waals surface area (Å²) in [7, 11) is 0. The van der Waals surface area contributed by atoms with Gasteiger partial charge in [-0.15, -0.1) is 0 Å². The van der Waals surface area contributed by atoms with Crippen molar-refractivity contribution in [2.24, 2.45) is 0 Å². The van der Waals surface area contributed by atoms with Crippen LogP contribution in [0.2, 0.25) is 0 Å². The topological polar surface area (TPSA) is 43.1 Å². The molecular formula is C9H8NO2. The van der Waals surface area contributed by atoms with Crippen LogP contribution in [0.4, 0.5) is 5.69 Å². The standard InChI is InChI=1S/C9H8NO2/c1-2-4-8-5-3-6-9(7-8)10(11)12/h2-7H,1H2/b4-2+. The molecule has 0 N–H and O–H groups in total. The van der Waals surface area contributed by atoms with Crippen LogP contribution < -0.4 is 0 Å². The first-order valence-electron chi connectivity index (χ1n) is 3.44. The molecule has 0 atom stereocenters. The van der Waals surface area contributed by atoms with E-state index in [1.807, 2.05) is 0 Å². The molecule has 0 fully saturated rings. The van der Waals surface area contributed by atoms with Crippen molar-refractivity contribution in [3.63, 3.8) is 0 Å². The Balaban J connectivity index is 3.03. The second-order valence-corrected chi connectivity index (χ2v) is 2.25. The maximum Gasteiger partial charge on any atom is 0.270 e. The van der Waals surface area contributed by atoms with Gasteiger partial charge in [0.2, 0.25) is 0 Å². The molecule has 3 heteroatoms. The van der Waals surface area contributed by atoms with Gasteiger partial charge in [-0.2, -0.15) is 0 Å². The summed E-state index contributed by atoms with van der Waals surface area (Å²) in [5, 5.41) is 10.3. The molecule has 12 heavy (non-hydrogen) atoms. The molecule has 0 unspecified atom stereocenters. The van der Waals surface area contributed by atoms with Crippen LogP contribution in [0.3, 0.4) is 0 Å². The first-order valence-corrected chi connectivity index (χ1v) is 3.44. The molecule has 0 bridgehead atoms. The van der Waals surface area contributed by atoms with E-state index in [1.54, 1.807) is 24.3 Å². The third-order valence-electron chi connectivity index (χ3n) is 1.39. The number of nitrogens with zero attached hydrogens (tertiary/aromatic N) is 1. The van der Waals surface area contributed by atoms with Crippen LogP contribution in [0, 0.1) is 17.0 Å². The Kier molecular flexibility index (Phi) is 2.58. The number of hydrogen-bond acceptors (Lipinski definition) is 2. The van der Waals surface area contributed by atoms with Crippen molar-refractivity contribution >= 4 is 11.8 Å². The van der Waals surface area contributed by atoms with Crippen LogP contribution >= 0.6 is 0 Å². The Morgan fingerprint density at radius 3 is 2.83 bits per heavy atom. The summed E-state index contributed by atoms with van der Waals surface area (Å²) >= 11 is 0. The highest BCUT2D eigenvalue weighted by Crippen LogP contribution is 2.13. The van der Waals surface area contributed by atoms with Gasteiger partial charge in [-0.25, -0.2) is 0 Å². The van der Waals surface area contributed by atoms with Crippen molar-refractivity contribution in [3.05, 3.63) is 52.9 Å². The molecule has 3 nitrogen and oxygen atoms in total. The summed E-state index contributed by atoms with van der Waals surface area (Å²) < 4.78 is 0. The first kappa shape index (κ1) is 8.46. The first-order chi connectivity index (χ1) is 5.74. The number of nitro groups is 1. The molecule has 1 rings (SSSR count). The average molecular weight is 162 g/mol. The second-order valence-electron chi connectivity index (χ2n) is 2.25. The average Bonchev–Trinajstić information content (AvgIpc) is 2.05. The van der Waals surface area contributed by atoms with Crippen LogP contribution in [0.15, 0.2) is 30.3 Å². The number of nitro benzene ring substituents is 1. The highest BCUT2D eigenvalue weighted by molar-refractivity contribution is 5.53. The van der Waals surface area contributed by atoms with Crippen LogP contribution in [0.25, 0.3) is 6.08 Å². The fourth-order valence-electron chi connectivity index (χ4n) is 0.878. The van der Waals surface area contributed by atoms with Crippen molar-refractivity contribution in [2.45, 2.75) is 0 Å². The minimum Gasteiger partial charge on any atom is -0.258 e. The molecule has 0 aliphatic heterocycles. The molecular weight excluding hydrogens is 154 g/mol. The van der Waals surface area contributed by atoms with Gasteiger partial charge in [0.05, 0.1) is 4.92 Å². The quantitative estimate of drug-likeness (QED) is 0.495. The molecule has 0 spiro atoms. The van der Waals surface area contributed by atoms with Crippen molar-refractivity contribution < 1.29 is 4.92 Å². The van der Waals surface area contributed by atoms with Gasteiger partial charge in [-0.1, -0.05) is 24.3 Å². The molecule has 0 saturated heterocycles. The van der Waals surface area contributed by atoms with Gasteiger partial charge in [0.15, 0.2) is 0 Å². The predicted molar refractivity (Wildman–Crippen MR) is 47.5 cm³/mol. The third-order valence-corrected chi connectivity index (χ3v) is 1.39. The van der Waals surface area contributed by atoms with Crippen molar-refractivity contribution in [2.75, 3.05) is 0 Å². The molecule has 1 radical (unpaired) electrons. The number of rotatable bonds is 2. The Hall–Kier alpha value is -1.64. The number of non-ortho nitro benzene ring substituents is 1. The van der Waals surface area contributed by atoms with E-state index in [0.717, 1.165) is 5.56 Å². The highest BCUT2D eigenvalue weighted by Gasteiger charge is 2.02. The van der Waals surface area contributed by atoms with Crippen LogP contribution in [0.5, 0.6) is 0 Å². The second kappa shape index (κ2) is 3.67. The molecule has 1 aromatic carbocycles. The lowest BCUT2D eigenvalue weighted by molar-refractivity contribution is -0.384. The monoisotopic (exact) mass is 162 g/mol. The lowest BCUT2D eigenvalue weighted by atomic mass is 10.2. The molecule has 0 aromatic heterocycles. The minimum atomic E-state index is -0.416. The van der Waals surface area contributed by atoms with Crippen LogP contribution in [0.1, 0.15) is 5.56 Å². The van der Waals surface area contributed by atoms with E-state index in [-0.39, 0.29) is 5.69 Å². The van der Waals surface area contributed by atoms with Crippen molar-refractivity contribution in [1.82, 2.24) is 0 Å². The van der Waals surface area contributed by atoms with Crippen molar-refractivity contribution in [3.8, 4) is 0 Å². The van der Waals surface area contributed by atoms with E-state index in [0.29, 0.717) is 0 Å². The molecule has 0 amide bonds. The number of benzene rings is 1. The fraction of sp³-hybridized carbons (Fsp3) is 0. The summed E-state index contributed by atoms with van der Waals surface area (Å²) in [6, 6.07) is 6.39. The normalized spacial score (nSPS) is 10.4. The summed E-state index contributed by atoms with van der Waals surface area (Å²) in [5.74, 6) is 0. The smallest absolute Gasteiger partial charge is 0.258 e. The Morgan fingerprint density at radius 2 is 2.25 bits per heavy atom. The zero-order valence-corrected chi connectivity index (χ0v) is 6.43. The van der Waals surface area contributed by atoms with E-state index in [4.69, 9.17) is 0 Å². The van der Waals surface area contributed by atoms with Gasteiger partial charge in [0, 0.05) is 12.1 Å². The largest absolute Gasteiger partial charge is 0.270 e. The molecule has 1 aromatic rings. The highest BCUT2D eigenvalue weighted by atomic mass is 16.6. The van der Waals surface area contributed by atoms with E-state index < -0.39 is 4.92 Å². The lowest BCUT2D eigenvalue weighted by Gasteiger charge is -1.92. The minimum absolute atomic E-state index is 0.102. The molecule has 0 saturated carbocycles. The van der Waals surface area contributed by atoms with Crippen molar-refractivity contribution in [1.29, 1.82) is 0 Å².